The van der Waals surface area contributed by atoms with E-state index in [9.17, 15) is 23.1 Å². The van der Waals surface area contributed by atoms with Gasteiger partial charge in [-0.15, -0.1) is 0 Å². The number of aliphatic hydroxyl groups excluding tert-OH is 1. The number of carbonyl (C=O) groups excluding carboxylic acids is 1. The zero-order valence-electron chi connectivity index (χ0n) is 15.8. The van der Waals surface area contributed by atoms with Gasteiger partial charge in [0.05, 0.1) is 31.2 Å². The molecule has 0 radical (unpaired) electrons. The van der Waals surface area contributed by atoms with E-state index in [-0.39, 0.29) is 6.42 Å². The fourth-order valence-electron chi connectivity index (χ4n) is 2.35. The maximum absolute atomic E-state index is 12.3. The van der Waals surface area contributed by atoms with Crippen molar-refractivity contribution in [2.45, 2.75) is 25.5 Å². The summed E-state index contributed by atoms with van der Waals surface area (Å²) in [6, 6.07) is 13.1. The molecule has 10 heteroatoms. The SMILES string of the molecule is NC(=O)C(F)F.O[C@@H](CCF)c1ccc(-c2ccc(CNc3ccno3)nc2)cc1. The normalized spacial score (nSPS) is 11.5. The van der Waals surface area contributed by atoms with Crippen molar-refractivity contribution in [2.24, 2.45) is 5.73 Å². The number of benzene rings is 1. The largest absolute Gasteiger partial charge is 0.388 e. The number of pyridine rings is 1. The highest BCUT2D eigenvalue weighted by Gasteiger charge is 2.08. The minimum absolute atomic E-state index is 0.119. The van der Waals surface area contributed by atoms with Gasteiger partial charge >= 0.3 is 6.43 Å². The lowest BCUT2D eigenvalue weighted by molar-refractivity contribution is -0.128. The van der Waals surface area contributed by atoms with Crippen LogP contribution in [0.15, 0.2) is 59.4 Å². The van der Waals surface area contributed by atoms with Crippen LogP contribution in [0.1, 0.15) is 23.8 Å². The summed E-state index contributed by atoms with van der Waals surface area (Å²) >= 11 is 0. The van der Waals surface area contributed by atoms with Crippen molar-refractivity contribution in [2.75, 3.05) is 12.0 Å². The highest BCUT2D eigenvalue weighted by atomic mass is 19.3. The number of amides is 1. The lowest BCUT2D eigenvalue weighted by atomic mass is 10.0. The fraction of sp³-hybridized carbons (Fsp3) is 0.250. The van der Waals surface area contributed by atoms with Crippen LogP contribution >= 0.6 is 0 Å². The highest BCUT2D eigenvalue weighted by Crippen LogP contribution is 2.23. The van der Waals surface area contributed by atoms with E-state index in [1.165, 1.54) is 0 Å². The predicted molar refractivity (Wildman–Crippen MR) is 104 cm³/mol. The minimum atomic E-state index is -3.01. The summed E-state index contributed by atoms with van der Waals surface area (Å²) in [5.41, 5.74) is 7.62. The number of hydrogen-bond acceptors (Lipinski definition) is 6. The molecule has 0 spiro atoms. The van der Waals surface area contributed by atoms with Crippen molar-refractivity contribution in [3.8, 4) is 11.1 Å². The molecule has 160 valence electrons. The maximum Gasteiger partial charge on any atom is 0.315 e. The molecule has 2 aromatic heterocycles. The molecular formula is C20H21F3N4O3. The molecule has 1 amide bonds. The van der Waals surface area contributed by atoms with E-state index in [0.717, 1.165) is 22.4 Å². The average Bonchev–Trinajstić information content (AvgIpc) is 3.27. The van der Waals surface area contributed by atoms with Crippen LogP contribution in [0.4, 0.5) is 19.1 Å². The van der Waals surface area contributed by atoms with Gasteiger partial charge in [-0.05, 0) is 17.2 Å². The Morgan fingerprint density at radius 3 is 2.30 bits per heavy atom. The monoisotopic (exact) mass is 422 g/mol. The molecule has 2 heterocycles. The number of halogens is 3. The van der Waals surface area contributed by atoms with Gasteiger partial charge in [-0.25, -0.2) is 0 Å². The zero-order valence-corrected chi connectivity index (χ0v) is 15.8. The molecule has 4 N–H and O–H groups in total. The third-order valence-electron chi connectivity index (χ3n) is 3.93. The van der Waals surface area contributed by atoms with E-state index < -0.39 is 25.1 Å². The van der Waals surface area contributed by atoms with Crippen LogP contribution in [-0.2, 0) is 11.3 Å². The maximum atomic E-state index is 12.3. The fourth-order valence-corrected chi connectivity index (χ4v) is 2.35. The first-order valence-corrected chi connectivity index (χ1v) is 8.92. The molecule has 0 aliphatic heterocycles. The Morgan fingerprint density at radius 1 is 1.13 bits per heavy atom. The van der Waals surface area contributed by atoms with Gasteiger partial charge in [0.1, 0.15) is 0 Å². The van der Waals surface area contributed by atoms with E-state index in [2.05, 4.69) is 21.2 Å². The van der Waals surface area contributed by atoms with Crippen LogP contribution < -0.4 is 11.1 Å². The third-order valence-corrected chi connectivity index (χ3v) is 3.93. The smallest absolute Gasteiger partial charge is 0.315 e. The Bertz CT molecular complexity index is 889. The Morgan fingerprint density at radius 2 is 1.80 bits per heavy atom. The zero-order chi connectivity index (χ0) is 21.9. The van der Waals surface area contributed by atoms with Crippen molar-refractivity contribution in [1.29, 1.82) is 0 Å². The van der Waals surface area contributed by atoms with E-state index >= 15 is 0 Å². The quantitative estimate of drug-likeness (QED) is 0.512. The molecule has 0 unspecified atom stereocenters. The van der Waals surface area contributed by atoms with Gasteiger partial charge in [-0.2, -0.15) is 8.78 Å². The number of carbonyl (C=O) groups is 1. The number of nitrogens with one attached hydrogen (secondary N) is 1. The summed E-state index contributed by atoms with van der Waals surface area (Å²) in [6.45, 7) is 0.0141. The first-order valence-electron chi connectivity index (χ1n) is 8.92. The molecular weight excluding hydrogens is 401 g/mol. The van der Waals surface area contributed by atoms with Crippen molar-refractivity contribution >= 4 is 11.8 Å². The third kappa shape index (κ3) is 7.21. The number of aliphatic hydroxyl groups is 1. The van der Waals surface area contributed by atoms with Crippen molar-refractivity contribution in [3.63, 3.8) is 0 Å². The standard InChI is InChI=1S/C18H18FN3O2.C2H3F2NO/c19-9-7-17(23)14-3-1-13(2-4-14)15-5-6-16(20-11-15)12-21-18-8-10-22-24-18;3-1(4)2(5)6/h1-6,8,10-11,17,21,23H,7,9,12H2;1H,(H2,5,6)/t17-;/m0./s1. The second kappa shape index (κ2) is 11.6. The Balaban J connectivity index is 0.000000469. The number of hydrogen-bond donors (Lipinski definition) is 3. The molecule has 30 heavy (non-hydrogen) atoms. The minimum Gasteiger partial charge on any atom is -0.388 e. The van der Waals surface area contributed by atoms with Crippen molar-refractivity contribution in [3.05, 3.63) is 66.1 Å². The molecule has 0 fully saturated rings. The van der Waals surface area contributed by atoms with Gasteiger partial charge in [0, 0.05) is 24.2 Å². The molecule has 0 aliphatic carbocycles. The number of aromatic nitrogens is 2. The number of primary amides is 1. The predicted octanol–water partition coefficient (Wildman–Crippen LogP) is 3.48. The van der Waals surface area contributed by atoms with Crippen LogP contribution in [0.25, 0.3) is 11.1 Å². The van der Waals surface area contributed by atoms with Crippen LogP contribution in [0, 0.1) is 0 Å². The summed E-state index contributed by atoms with van der Waals surface area (Å²) in [5.74, 6) is -0.974. The number of nitrogens with two attached hydrogens (primary N) is 1. The Hall–Kier alpha value is -3.40. The first-order chi connectivity index (χ1) is 14.4. The molecule has 3 rings (SSSR count). The topological polar surface area (TPSA) is 114 Å². The highest BCUT2D eigenvalue weighted by molar-refractivity contribution is 5.76. The summed E-state index contributed by atoms with van der Waals surface area (Å²) in [7, 11) is 0. The summed E-state index contributed by atoms with van der Waals surface area (Å²) < 4.78 is 38.6. The molecule has 0 saturated heterocycles. The number of anilines is 1. The molecule has 0 bridgehead atoms. The van der Waals surface area contributed by atoms with E-state index in [1.54, 1.807) is 18.5 Å². The Kier molecular flexibility index (Phi) is 8.82. The summed E-state index contributed by atoms with van der Waals surface area (Å²) in [4.78, 5) is 13.6. The summed E-state index contributed by atoms with van der Waals surface area (Å²) in [6.07, 6.45) is -0.276. The number of rotatable bonds is 8. The van der Waals surface area contributed by atoms with Gasteiger partial charge in [0.2, 0.25) is 5.88 Å². The lowest BCUT2D eigenvalue weighted by Gasteiger charge is -2.10. The van der Waals surface area contributed by atoms with Gasteiger partial charge in [0.15, 0.2) is 0 Å². The van der Waals surface area contributed by atoms with Gasteiger partial charge in [-0.3, -0.25) is 14.2 Å². The van der Waals surface area contributed by atoms with Gasteiger partial charge in [0.25, 0.3) is 5.91 Å². The molecule has 3 aromatic rings. The first kappa shape index (κ1) is 22.9. The van der Waals surface area contributed by atoms with Crippen LogP contribution in [0.3, 0.4) is 0 Å². The molecule has 1 atom stereocenters. The van der Waals surface area contributed by atoms with Gasteiger partial charge < -0.3 is 20.7 Å². The van der Waals surface area contributed by atoms with E-state index in [4.69, 9.17) is 4.52 Å². The molecule has 7 nitrogen and oxygen atoms in total. The summed E-state index contributed by atoms with van der Waals surface area (Å²) in [5, 5.41) is 16.5. The van der Waals surface area contributed by atoms with E-state index in [1.807, 2.05) is 36.4 Å². The second-order valence-electron chi connectivity index (χ2n) is 6.09. The van der Waals surface area contributed by atoms with Crippen LogP contribution in [0.5, 0.6) is 0 Å². The molecule has 0 saturated carbocycles. The van der Waals surface area contributed by atoms with E-state index in [0.29, 0.717) is 12.4 Å². The van der Waals surface area contributed by atoms with Crippen LogP contribution in [-0.4, -0.2) is 34.3 Å². The number of alkyl halides is 3. The average molecular weight is 422 g/mol. The lowest BCUT2D eigenvalue weighted by Crippen LogP contribution is -2.19. The van der Waals surface area contributed by atoms with Crippen molar-refractivity contribution in [1.82, 2.24) is 10.1 Å². The van der Waals surface area contributed by atoms with Gasteiger partial charge in [-0.1, -0.05) is 35.5 Å². The molecule has 1 aromatic carbocycles. The number of nitrogens with zero attached hydrogens (tertiary/aromatic N) is 2. The molecule has 0 aliphatic rings. The van der Waals surface area contributed by atoms with Crippen LogP contribution in [0.2, 0.25) is 0 Å². The second-order valence-corrected chi connectivity index (χ2v) is 6.09. The Labute approximate surface area is 170 Å². The van der Waals surface area contributed by atoms with Crippen molar-refractivity contribution < 1.29 is 27.6 Å².